The van der Waals surface area contributed by atoms with E-state index in [2.05, 4.69) is 5.32 Å². The zero-order valence-electron chi connectivity index (χ0n) is 13.0. The van der Waals surface area contributed by atoms with Crippen molar-refractivity contribution >= 4 is 11.7 Å². The summed E-state index contributed by atoms with van der Waals surface area (Å²) in [6.07, 6.45) is 5.45. The Hall–Kier alpha value is -1.64. The van der Waals surface area contributed by atoms with Gasteiger partial charge in [-0.05, 0) is 68.9 Å². The van der Waals surface area contributed by atoms with E-state index in [-0.39, 0.29) is 17.4 Å². The predicted molar refractivity (Wildman–Crippen MR) is 84.4 cm³/mol. The van der Waals surface area contributed by atoms with Gasteiger partial charge in [0.2, 0.25) is 0 Å². The van der Waals surface area contributed by atoms with Gasteiger partial charge in [-0.2, -0.15) is 0 Å². The van der Waals surface area contributed by atoms with Gasteiger partial charge in [-0.25, -0.2) is 0 Å². The van der Waals surface area contributed by atoms with Crippen LogP contribution >= 0.6 is 0 Å². The van der Waals surface area contributed by atoms with E-state index in [1.54, 1.807) is 6.92 Å². The second-order valence-corrected chi connectivity index (χ2v) is 7.71. The van der Waals surface area contributed by atoms with Gasteiger partial charge in [0.15, 0.2) is 0 Å². The molecule has 2 unspecified atom stereocenters. The highest BCUT2D eigenvalue weighted by molar-refractivity contribution is 5.94. The summed E-state index contributed by atoms with van der Waals surface area (Å²) in [4.78, 5) is 24.6. The summed E-state index contributed by atoms with van der Waals surface area (Å²) in [7, 11) is 0. The van der Waals surface area contributed by atoms with Gasteiger partial charge in [0.1, 0.15) is 5.78 Å². The van der Waals surface area contributed by atoms with Gasteiger partial charge in [-0.1, -0.05) is 18.2 Å². The molecule has 4 bridgehead atoms. The highest BCUT2D eigenvalue weighted by atomic mass is 16.2. The first-order valence-electron chi connectivity index (χ1n) is 8.44. The van der Waals surface area contributed by atoms with Crippen LogP contribution in [0, 0.1) is 23.7 Å². The normalized spacial score (nSPS) is 38.8. The van der Waals surface area contributed by atoms with E-state index < -0.39 is 0 Å². The lowest BCUT2D eigenvalue weighted by molar-refractivity contribution is -0.135. The van der Waals surface area contributed by atoms with Crippen molar-refractivity contribution in [3.8, 4) is 0 Å². The van der Waals surface area contributed by atoms with E-state index in [1.165, 1.54) is 12.8 Å². The summed E-state index contributed by atoms with van der Waals surface area (Å²) < 4.78 is 0. The Morgan fingerprint density at radius 3 is 2.27 bits per heavy atom. The SMILES string of the molecule is CC(=O)C1C2CC3CC1CC(NC(=O)c1ccccc1)(C3)C2. The molecule has 3 heteroatoms. The Labute approximate surface area is 131 Å². The van der Waals surface area contributed by atoms with E-state index in [0.717, 1.165) is 24.8 Å². The van der Waals surface area contributed by atoms with Gasteiger partial charge in [-0.3, -0.25) is 9.59 Å². The molecule has 4 aliphatic rings. The van der Waals surface area contributed by atoms with Crippen molar-refractivity contribution in [3.05, 3.63) is 35.9 Å². The zero-order valence-corrected chi connectivity index (χ0v) is 13.0. The molecule has 4 aliphatic carbocycles. The third kappa shape index (κ3) is 2.18. The number of hydrogen-bond donors (Lipinski definition) is 1. The molecule has 1 aromatic rings. The lowest BCUT2D eigenvalue weighted by Gasteiger charge is -2.59. The lowest BCUT2D eigenvalue weighted by atomic mass is 9.48. The predicted octanol–water partition coefficient (Wildman–Crippen LogP) is 3.20. The third-order valence-electron chi connectivity index (χ3n) is 6.16. The van der Waals surface area contributed by atoms with Crippen molar-refractivity contribution in [1.82, 2.24) is 5.32 Å². The van der Waals surface area contributed by atoms with Gasteiger partial charge >= 0.3 is 0 Å². The minimum atomic E-state index is -0.0601. The number of hydrogen-bond acceptors (Lipinski definition) is 2. The van der Waals surface area contributed by atoms with Crippen LogP contribution in [0.5, 0.6) is 0 Å². The van der Waals surface area contributed by atoms with Crippen molar-refractivity contribution in [2.75, 3.05) is 0 Å². The summed E-state index contributed by atoms with van der Waals surface area (Å²) in [6.45, 7) is 1.75. The molecule has 0 radical (unpaired) electrons. The van der Waals surface area contributed by atoms with Crippen LogP contribution in [0.3, 0.4) is 0 Å². The number of amides is 1. The Balaban J connectivity index is 1.56. The van der Waals surface area contributed by atoms with Crippen LogP contribution in [-0.2, 0) is 4.79 Å². The maximum absolute atomic E-state index is 12.6. The lowest BCUT2D eigenvalue weighted by Crippen LogP contribution is -2.63. The van der Waals surface area contributed by atoms with Crippen molar-refractivity contribution in [3.63, 3.8) is 0 Å². The molecule has 4 fully saturated rings. The number of benzene rings is 1. The summed E-state index contributed by atoms with van der Waals surface area (Å²) >= 11 is 0. The third-order valence-corrected chi connectivity index (χ3v) is 6.16. The molecular weight excluding hydrogens is 274 g/mol. The molecule has 0 heterocycles. The van der Waals surface area contributed by atoms with Crippen LogP contribution in [0.15, 0.2) is 30.3 Å². The summed E-state index contributed by atoms with van der Waals surface area (Å²) in [6, 6.07) is 9.47. The Bertz CT molecular complexity index is 593. The van der Waals surface area contributed by atoms with Crippen LogP contribution in [0.4, 0.5) is 0 Å². The number of rotatable bonds is 3. The first-order chi connectivity index (χ1) is 10.6. The smallest absolute Gasteiger partial charge is 0.251 e. The van der Waals surface area contributed by atoms with Gasteiger partial charge in [0.05, 0.1) is 0 Å². The number of carbonyl (C=O) groups is 2. The monoisotopic (exact) mass is 297 g/mol. The van der Waals surface area contributed by atoms with Crippen molar-refractivity contribution < 1.29 is 9.59 Å². The zero-order chi connectivity index (χ0) is 15.3. The van der Waals surface area contributed by atoms with Crippen LogP contribution in [0.25, 0.3) is 0 Å². The highest BCUT2D eigenvalue weighted by Gasteiger charge is 2.56. The molecule has 1 N–H and O–H groups in total. The fourth-order valence-corrected chi connectivity index (χ4v) is 5.74. The van der Waals surface area contributed by atoms with E-state index in [4.69, 9.17) is 0 Å². The molecular formula is C19H23NO2. The molecule has 116 valence electrons. The fraction of sp³-hybridized carbons (Fsp3) is 0.579. The molecule has 3 nitrogen and oxygen atoms in total. The first kappa shape index (κ1) is 14.0. The highest BCUT2D eigenvalue weighted by Crippen LogP contribution is 2.58. The molecule has 0 spiro atoms. The van der Waals surface area contributed by atoms with Crippen LogP contribution in [0.1, 0.15) is 49.4 Å². The summed E-state index contributed by atoms with van der Waals surface area (Å²) in [5.41, 5.74) is 0.677. The largest absolute Gasteiger partial charge is 0.347 e. The molecule has 5 rings (SSSR count). The molecule has 0 aromatic heterocycles. The minimum Gasteiger partial charge on any atom is -0.347 e. The maximum atomic E-state index is 12.6. The van der Waals surface area contributed by atoms with Gasteiger partial charge < -0.3 is 5.32 Å². The Morgan fingerprint density at radius 1 is 1.05 bits per heavy atom. The van der Waals surface area contributed by atoms with Gasteiger partial charge in [0.25, 0.3) is 5.91 Å². The average molecular weight is 297 g/mol. The number of Topliss-reactive ketones (excluding diaryl/α,β-unsaturated/α-hetero) is 1. The molecule has 2 atom stereocenters. The Kier molecular flexibility index (Phi) is 3.14. The molecule has 4 saturated carbocycles. The number of nitrogens with one attached hydrogen (secondary N) is 1. The first-order valence-corrected chi connectivity index (χ1v) is 8.44. The minimum absolute atomic E-state index is 0.0434. The van der Waals surface area contributed by atoms with E-state index >= 15 is 0 Å². The topological polar surface area (TPSA) is 46.2 Å². The van der Waals surface area contributed by atoms with E-state index in [9.17, 15) is 9.59 Å². The van der Waals surface area contributed by atoms with Crippen LogP contribution in [-0.4, -0.2) is 17.2 Å². The number of ketones is 1. The summed E-state index contributed by atoms with van der Waals surface area (Å²) in [5, 5.41) is 3.35. The summed E-state index contributed by atoms with van der Waals surface area (Å²) in [5.74, 6) is 2.32. The molecule has 1 amide bonds. The second kappa shape index (κ2) is 4.94. The van der Waals surface area contributed by atoms with Crippen LogP contribution < -0.4 is 5.32 Å². The van der Waals surface area contributed by atoms with Crippen molar-refractivity contribution in [2.24, 2.45) is 23.7 Å². The number of carbonyl (C=O) groups excluding carboxylic acids is 2. The molecule has 0 aliphatic heterocycles. The quantitative estimate of drug-likeness (QED) is 0.931. The molecule has 0 saturated heterocycles. The fourth-order valence-electron chi connectivity index (χ4n) is 5.74. The molecule has 22 heavy (non-hydrogen) atoms. The second-order valence-electron chi connectivity index (χ2n) is 7.71. The van der Waals surface area contributed by atoms with Crippen molar-refractivity contribution in [1.29, 1.82) is 0 Å². The van der Waals surface area contributed by atoms with E-state index in [1.807, 2.05) is 30.3 Å². The maximum Gasteiger partial charge on any atom is 0.251 e. The molecule has 1 aromatic carbocycles. The van der Waals surface area contributed by atoms with Gasteiger partial charge in [0, 0.05) is 17.0 Å². The standard InChI is InChI=1S/C19H23NO2/c1-12(21)17-15-7-13-8-16(17)11-19(9-13,10-15)20-18(22)14-5-3-2-4-6-14/h2-6,13,15-17H,7-11H2,1H3,(H,20,22). The van der Waals surface area contributed by atoms with Gasteiger partial charge in [-0.15, -0.1) is 0 Å². The van der Waals surface area contributed by atoms with Crippen molar-refractivity contribution in [2.45, 2.75) is 44.6 Å². The van der Waals surface area contributed by atoms with Crippen LogP contribution in [0.2, 0.25) is 0 Å². The van der Waals surface area contributed by atoms with E-state index in [0.29, 0.717) is 23.5 Å². The average Bonchev–Trinajstić information content (AvgIpc) is 2.46. The Morgan fingerprint density at radius 2 is 1.68 bits per heavy atom.